The van der Waals surface area contributed by atoms with Crippen LogP contribution >= 0.6 is 0 Å². The molecule has 23 heavy (non-hydrogen) atoms. The van der Waals surface area contributed by atoms with Crippen molar-refractivity contribution in [2.45, 2.75) is 45.3 Å². The van der Waals surface area contributed by atoms with Crippen LogP contribution in [0.2, 0.25) is 0 Å². The molecule has 1 aromatic carbocycles. The number of rotatable bonds is 6. The van der Waals surface area contributed by atoms with Gasteiger partial charge in [0.2, 0.25) is 0 Å². The number of benzene rings is 1. The summed E-state index contributed by atoms with van der Waals surface area (Å²) in [6, 6.07) is 7.06. The lowest BCUT2D eigenvalue weighted by atomic mass is 9.97. The minimum absolute atomic E-state index is 0.386. The topological polar surface area (TPSA) is 87.6 Å². The van der Waals surface area contributed by atoms with Gasteiger partial charge in [0.1, 0.15) is 29.6 Å². The number of hydrogen-bond acceptors (Lipinski definition) is 5. The summed E-state index contributed by atoms with van der Waals surface area (Å²) >= 11 is 0. The maximum atomic E-state index is 11.0. The standard InChI is InChI=1S/C17H20N2O4/c1-11(17(18)20)22-13-8-6-12(7-9-13)21-10-15-14-4-2-3-5-16(14)23-19-15/h6-9,11H,2-5,10H2,1H3,(H2,18,20). The highest BCUT2D eigenvalue weighted by Crippen LogP contribution is 2.25. The lowest BCUT2D eigenvalue weighted by molar-refractivity contribution is -0.123. The summed E-state index contributed by atoms with van der Waals surface area (Å²) in [5.74, 6) is 1.78. The van der Waals surface area contributed by atoms with Crippen LogP contribution in [0.25, 0.3) is 0 Å². The Morgan fingerprint density at radius 1 is 1.26 bits per heavy atom. The summed E-state index contributed by atoms with van der Waals surface area (Å²) < 4.78 is 16.5. The van der Waals surface area contributed by atoms with Crippen LogP contribution in [-0.4, -0.2) is 17.2 Å². The highest BCUT2D eigenvalue weighted by Gasteiger charge is 2.19. The van der Waals surface area contributed by atoms with Crippen LogP contribution in [0.3, 0.4) is 0 Å². The molecule has 0 bridgehead atoms. The van der Waals surface area contributed by atoms with E-state index in [4.69, 9.17) is 19.7 Å². The van der Waals surface area contributed by atoms with Crippen molar-refractivity contribution >= 4 is 5.91 Å². The fourth-order valence-corrected chi connectivity index (χ4v) is 2.59. The number of aromatic nitrogens is 1. The molecule has 0 aliphatic heterocycles. The highest BCUT2D eigenvalue weighted by molar-refractivity contribution is 5.78. The number of aryl methyl sites for hydroxylation is 1. The summed E-state index contributed by atoms with van der Waals surface area (Å²) in [7, 11) is 0. The van der Waals surface area contributed by atoms with Gasteiger partial charge in [0.25, 0.3) is 5.91 Å². The van der Waals surface area contributed by atoms with Crippen molar-refractivity contribution in [3.05, 3.63) is 41.3 Å². The fraction of sp³-hybridized carbons (Fsp3) is 0.412. The van der Waals surface area contributed by atoms with Crippen molar-refractivity contribution in [2.24, 2.45) is 5.73 Å². The van der Waals surface area contributed by atoms with Crippen molar-refractivity contribution in [3.8, 4) is 11.5 Å². The zero-order chi connectivity index (χ0) is 16.2. The molecular weight excluding hydrogens is 296 g/mol. The van der Waals surface area contributed by atoms with Gasteiger partial charge >= 0.3 is 0 Å². The zero-order valence-electron chi connectivity index (χ0n) is 13.1. The van der Waals surface area contributed by atoms with E-state index in [-0.39, 0.29) is 0 Å². The number of primary amides is 1. The van der Waals surface area contributed by atoms with Gasteiger partial charge in [0, 0.05) is 12.0 Å². The minimum Gasteiger partial charge on any atom is -0.487 e. The number of nitrogens with two attached hydrogens (primary N) is 1. The third-order valence-corrected chi connectivity index (χ3v) is 3.94. The van der Waals surface area contributed by atoms with Crippen LogP contribution in [0, 0.1) is 0 Å². The van der Waals surface area contributed by atoms with Crippen molar-refractivity contribution < 1.29 is 18.8 Å². The highest BCUT2D eigenvalue weighted by atomic mass is 16.5. The molecule has 0 saturated heterocycles. The molecular formula is C17H20N2O4. The Morgan fingerprint density at radius 2 is 1.96 bits per heavy atom. The summed E-state index contributed by atoms with van der Waals surface area (Å²) in [4.78, 5) is 11.0. The molecule has 1 atom stereocenters. The lowest BCUT2D eigenvalue weighted by Gasteiger charge is -2.12. The van der Waals surface area contributed by atoms with Gasteiger partial charge in [0.05, 0.1) is 0 Å². The van der Waals surface area contributed by atoms with Crippen LogP contribution < -0.4 is 15.2 Å². The Balaban J connectivity index is 1.58. The summed E-state index contributed by atoms with van der Waals surface area (Å²) in [6.45, 7) is 2.00. The smallest absolute Gasteiger partial charge is 0.258 e. The molecule has 1 aromatic heterocycles. The van der Waals surface area contributed by atoms with Crippen LogP contribution in [0.15, 0.2) is 28.8 Å². The maximum absolute atomic E-state index is 11.0. The Kier molecular flexibility index (Phi) is 4.50. The molecule has 1 aliphatic carbocycles. The van der Waals surface area contributed by atoms with Gasteiger partial charge in [-0.1, -0.05) is 5.16 Å². The number of amides is 1. The van der Waals surface area contributed by atoms with Gasteiger partial charge in [-0.15, -0.1) is 0 Å². The van der Waals surface area contributed by atoms with E-state index in [1.807, 2.05) is 0 Å². The van der Waals surface area contributed by atoms with Crippen molar-refractivity contribution in [3.63, 3.8) is 0 Å². The van der Waals surface area contributed by atoms with E-state index in [1.165, 1.54) is 12.0 Å². The molecule has 1 heterocycles. The first-order valence-corrected chi connectivity index (χ1v) is 7.78. The third-order valence-electron chi connectivity index (χ3n) is 3.94. The molecule has 1 unspecified atom stereocenters. The Labute approximate surface area is 134 Å². The Hall–Kier alpha value is -2.50. The van der Waals surface area contributed by atoms with Crippen LogP contribution in [0.5, 0.6) is 11.5 Å². The predicted molar refractivity (Wildman–Crippen MR) is 83.2 cm³/mol. The van der Waals surface area contributed by atoms with Crippen LogP contribution in [-0.2, 0) is 24.2 Å². The van der Waals surface area contributed by atoms with Crippen molar-refractivity contribution in [1.29, 1.82) is 0 Å². The summed E-state index contributed by atoms with van der Waals surface area (Å²) in [6.07, 6.45) is 3.64. The SMILES string of the molecule is CC(Oc1ccc(OCc2noc3c2CCCC3)cc1)C(N)=O. The average molecular weight is 316 g/mol. The van der Waals surface area contributed by atoms with Gasteiger partial charge < -0.3 is 19.7 Å². The van der Waals surface area contributed by atoms with Gasteiger partial charge in [-0.05, 0) is 50.5 Å². The molecule has 3 rings (SSSR count). The predicted octanol–water partition coefficient (Wildman–Crippen LogP) is 2.38. The van der Waals surface area contributed by atoms with Crippen LogP contribution in [0.1, 0.15) is 36.8 Å². The van der Waals surface area contributed by atoms with Gasteiger partial charge in [0.15, 0.2) is 6.10 Å². The van der Waals surface area contributed by atoms with E-state index in [0.29, 0.717) is 18.1 Å². The number of ether oxygens (including phenoxy) is 2. The second kappa shape index (κ2) is 6.73. The molecule has 0 spiro atoms. The largest absolute Gasteiger partial charge is 0.487 e. The number of fused-ring (bicyclic) bond motifs is 1. The van der Waals surface area contributed by atoms with E-state index in [0.717, 1.165) is 30.7 Å². The van der Waals surface area contributed by atoms with Gasteiger partial charge in [-0.25, -0.2) is 0 Å². The maximum Gasteiger partial charge on any atom is 0.258 e. The van der Waals surface area contributed by atoms with Gasteiger partial charge in [-0.2, -0.15) is 0 Å². The van der Waals surface area contributed by atoms with Crippen molar-refractivity contribution in [2.75, 3.05) is 0 Å². The van der Waals surface area contributed by atoms with Crippen LogP contribution in [0.4, 0.5) is 0 Å². The fourth-order valence-electron chi connectivity index (χ4n) is 2.59. The molecule has 1 aliphatic rings. The first-order valence-electron chi connectivity index (χ1n) is 7.78. The minimum atomic E-state index is -0.663. The zero-order valence-corrected chi connectivity index (χ0v) is 13.1. The van der Waals surface area contributed by atoms with E-state index < -0.39 is 12.0 Å². The second-order valence-electron chi connectivity index (χ2n) is 5.66. The first-order chi connectivity index (χ1) is 11.1. The molecule has 2 aromatic rings. The van der Waals surface area contributed by atoms with Gasteiger partial charge in [-0.3, -0.25) is 4.79 Å². The number of carbonyl (C=O) groups excluding carboxylic acids is 1. The first kappa shape index (κ1) is 15.4. The summed E-state index contributed by atoms with van der Waals surface area (Å²) in [5, 5.41) is 4.11. The molecule has 6 heteroatoms. The van der Waals surface area contributed by atoms with E-state index in [2.05, 4.69) is 5.16 Å². The summed E-state index contributed by atoms with van der Waals surface area (Å²) in [5.41, 5.74) is 7.24. The number of nitrogens with zero attached hydrogens (tertiary/aromatic N) is 1. The molecule has 0 saturated carbocycles. The van der Waals surface area contributed by atoms with E-state index in [1.54, 1.807) is 31.2 Å². The Morgan fingerprint density at radius 3 is 2.70 bits per heavy atom. The van der Waals surface area contributed by atoms with E-state index >= 15 is 0 Å². The number of hydrogen-bond donors (Lipinski definition) is 1. The quantitative estimate of drug-likeness (QED) is 0.884. The van der Waals surface area contributed by atoms with Crippen molar-refractivity contribution in [1.82, 2.24) is 5.16 Å². The number of carbonyl (C=O) groups is 1. The lowest BCUT2D eigenvalue weighted by Crippen LogP contribution is -2.30. The molecule has 1 amide bonds. The molecule has 6 nitrogen and oxygen atoms in total. The third kappa shape index (κ3) is 3.64. The molecule has 0 fully saturated rings. The monoisotopic (exact) mass is 316 g/mol. The van der Waals surface area contributed by atoms with E-state index in [9.17, 15) is 4.79 Å². The average Bonchev–Trinajstić information content (AvgIpc) is 2.97. The normalized spacial score (nSPS) is 14.8. The second-order valence-corrected chi connectivity index (χ2v) is 5.66. The molecule has 122 valence electrons. The molecule has 0 radical (unpaired) electrons. The molecule has 2 N–H and O–H groups in total. The Bertz CT molecular complexity index is 678.